The summed E-state index contributed by atoms with van der Waals surface area (Å²) in [6, 6.07) is 25.2. The maximum Gasteiger partial charge on any atom is 0.124 e. The molecule has 27 heavy (non-hydrogen) atoms. The Morgan fingerprint density at radius 2 is 1.70 bits per heavy atom. The SMILES string of the molecule is CCOc1ccccc1C1NCCc2cc(OCc3ccccc3)ccc21. The van der Waals surface area contributed by atoms with Gasteiger partial charge >= 0.3 is 0 Å². The fourth-order valence-corrected chi connectivity index (χ4v) is 3.66. The van der Waals surface area contributed by atoms with Crippen LogP contribution in [-0.4, -0.2) is 13.2 Å². The van der Waals surface area contributed by atoms with Gasteiger partial charge in [-0.05, 0) is 48.2 Å². The highest BCUT2D eigenvalue weighted by molar-refractivity contribution is 5.47. The Bertz CT molecular complexity index is 892. The van der Waals surface area contributed by atoms with Gasteiger partial charge in [0.05, 0.1) is 12.6 Å². The van der Waals surface area contributed by atoms with Gasteiger partial charge in [0.15, 0.2) is 0 Å². The lowest BCUT2D eigenvalue weighted by molar-refractivity contribution is 0.305. The minimum atomic E-state index is 0.152. The predicted octanol–water partition coefficient (Wildman–Crippen LogP) is 4.90. The molecule has 3 aromatic rings. The molecule has 3 aromatic carbocycles. The van der Waals surface area contributed by atoms with Crippen molar-refractivity contribution >= 4 is 0 Å². The van der Waals surface area contributed by atoms with Crippen LogP contribution in [-0.2, 0) is 13.0 Å². The van der Waals surface area contributed by atoms with Crippen LogP contribution in [0, 0.1) is 0 Å². The lowest BCUT2D eigenvalue weighted by atomic mass is 9.89. The minimum absolute atomic E-state index is 0.152. The van der Waals surface area contributed by atoms with E-state index in [1.165, 1.54) is 22.3 Å². The fourth-order valence-electron chi connectivity index (χ4n) is 3.66. The van der Waals surface area contributed by atoms with Gasteiger partial charge in [0.25, 0.3) is 0 Å². The molecule has 1 aliphatic rings. The van der Waals surface area contributed by atoms with E-state index in [0.29, 0.717) is 13.2 Å². The second-order valence-corrected chi connectivity index (χ2v) is 6.74. The van der Waals surface area contributed by atoms with Crippen LogP contribution in [0.15, 0.2) is 72.8 Å². The molecule has 3 nitrogen and oxygen atoms in total. The molecule has 4 rings (SSSR count). The average molecular weight is 359 g/mol. The Morgan fingerprint density at radius 1 is 0.889 bits per heavy atom. The molecule has 1 atom stereocenters. The summed E-state index contributed by atoms with van der Waals surface area (Å²) in [5.74, 6) is 1.88. The highest BCUT2D eigenvalue weighted by Crippen LogP contribution is 2.35. The van der Waals surface area contributed by atoms with Crippen LogP contribution in [0.4, 0.5) is 0 Å². The molecule has 0 aliphatic carbocycles. The van der Waals surface area contributed by atoms with Crippen LogP contribution in [0.25, 0.3) is 0 Å². The highest BCUT2D eigenvalue weighted by atomic mass is 16.5. The van der Waals surface area contributed by atoms with Crippen molar-refractivity contribution in [2.45, 2.75) is 26.0 Å². The van der Waals surface area contributed by atoms with Crippen molar-refractivity contribution in [3.63, 3.8) is 0 Å². The molecule has 0 bridgehead atoms. The third kappa shape index (κ3) is 3.99. The normalized spacial score (nSPS) is 15.8. The summed E-state index contributed by atoms with van der Waals surface area (Å²) in [7, 11) is 0. The third-order valence-electron chi connectivity index (χ3n) is 4.95. The molecule has 3 heteroatoms. The van der Waals surface area contributed by atoms with Gasteiger partial charge < -0.3 is 14.8 Å². The molecule has 0 saturated carbocycles. The zero-order chi connectivity index (χ0) is 18.5. The van der Waals surface area contributed by atoms with Crippen LogP contribution in [0.2, 0.25) is 0 Å². The molecule has 0 aromatic heterocycles. The van der Waals surface area contributed by atoms with E-state index in [9.17, 15) is 0 Å². The number of benzene rings is 3. The summed E-state index contributed by atoms with van der Waals surface area (Å²) in [6.45, 7) is 4.23. The summed E-state index contributed by atoms with van der Waals surface area (Å²) in [4.78, 5) is 0. The summed E-state index contributed by atoms with van der Waals surface area (Å²) in [5, 5.41) is 3.65. The van der Waals surface area contributed by atoms with Crippen molar-refractivity contribution in [3.05, 3.63) is 95.1 Å². The Balaban J connectivity index is 1.57. The zero-order valence-electron chi connectivity index (χ0n) is 15.7. The molecule has 0 fully saturated rings. The number of ether oxygens (including phenoxy) is 2. The molecule has 0 radical (unpaired) electrons. The Kier molecular flexibility index (Phi) is 5.40. The van der Waals surface area contributed by atoms with E-state index < -0.39 is 0 Å². The molecule has 0 spiro atoms. The van der Waals surface area contributed by atoms with Crippen LogP contribution in [0.5, 0.6) is 11.5 Å². The second kappa shape index (κ2) is 8.28. The summed E-state index contributed by atoms with van der Waals surface area (Å²) < 4.78 is 11.9. The molecule has 1 N–H and O–H groups in total. The first-order chi connectivity index (χ1) is 13.3. The predicted molar refractivity (Wildman–Crippen MR) is 108 cm³/mol. The van der Waals surface area contributed by atoms with E-state index in [2.05, 4.69) is 47.8 Å². The molecular weight excluding hydrogens is 334 g/mol. The van der Waals surface area contributed by atoms with Gasteiger partial charge in [0.2, 0.25) is 0 Å². The standard InChI is InChI=1S/C24H25NO2/c1-2-26-23-11-7-6-10-22(23)24-21-13-12-20(16-19(21)14-15-25-24)27-17-18-8-4-3-5-9-18/h3-13,16,24-25H,2,14-15,17H2,1H3. The van der Waals surface area contributed by atoms with Gasteiger partial charge in [0.1, 0.15) is 18.1 Å². The largest absolute Gasteiger partial charge is 0.494 e. The van der Waals surface area contributed by atoms with Crippen molar-refractivity contribution in [1.29, 1.82) is 0 Å². The maximum absolute atomic E-state index is 6.02. The van der Waals surface area contributed by atoms with E-state index in [0.717, 1.165) is 24.5 Å². The lowest BCUT2D eigenvalue weighted by Gasteiger charge is -2.29. The van der Waals surface area contributed by atoms with Gasteiger partial charge in [0, 0.05) is 12.1 Å². The minimum Gasteiger partial charge on any atom is -0.494 e. The zero-order valence-corrected chi connectivity index (χ0v) is 15.7. The summed E-state index contributed by atoms with van der Waals surface area (Å²) >= 11 is 0. The Morgan fingerprint density at radius 3 is 2.56 bits per heavy atom. The third-order valence-corrected chi connectivity index (χ3v) is 4.95. The van der Waals surface area contributed by atoms with E-state index >= 15 is 0 Å². The van der Waals surface area contributed by atoms with Crippen LogP contribution < -0.4 is 14.8 Å². The van der Waals surface area contributed by atoms with Crippen molar-refractivity contribution in [2.24, 2.45) is 0 Å². The van der Waals surface area contributed by atoms with Gasteiger partial charge in [-0.25, -0.2) is 0 Å². The molecule has 1 unspecified atom stereocenters. The Hall–Kier alpha value is -2.78. The molecule has 1 aliphatic heterocycles. The van der Waals surface area contributed by atoms with Crippen LogP contribution in [0.3, 0.4) is 0 Å². The number of nitrogens with one attached hydrogen (secondary N) is 1. The molecule has 138 valence electrons. The van der Waals surface area contributed by atoms with Crippen LogP contribution >= 0.6 is 0 Å². The number of fused-ring (bicyclic) bond motifs is 1. The van der Waals surface area contributed by atoms with E-state index in [1.54, 1.807) is 0 Å². The molecule has 1 heterocycles. The Labute approximate surface area is 161 Å². The van der Waals surface area contributed by atoms with Gasteiger partial charge in [-0.1, -0.05) is 54.6 Å². The average Bonchev–Trinajstić information content (AvgIpc) is 2.73. The monoisotopic (exact) mass is 359 g/mol. The summed E-state index contributed by atoms with van der Waals surface area (Å²) in [6.07, 6.45) is 1.01. The smallest absolute Gasteiger partial charge is 0.124 e. The van der Waals surface area contributed by atoms with E-state index in [-0.39, 0.29) is 6.04 Å². The number of para-hydroxylation sites is 1. The summed E-state index contributed by atoms with van der Waals surface area (Å²) in [5.41, 5.74) is 5.02. The number of rotatable bonds is 6. The number of hydrogen-bond acceptors (Lipinski definition) is 3. The van der Waals surface area contributed by atoms with Gasteiger partial charge in [-0.2, -0.15) is 0 Å². The molecular formula is C24H25NO2. The topological polar surface area (TPSA) is 30.5 Å². The van der Waals surface area contributed by atoms with E-state index in [1.807, 2.05) is 37.3 Å². The van der Waals surface area contributed by atoms with Gasteiger partial charge in [-0.15, -0.1) is 0 Å². The van der Waals surface area contributed by atoms with Crippen LogP contribution in [0.1, 0.15) is 35.2 Å². The first-order valence-electron chi connectivity index (χ1n) is 9.60. The first kappa shape index (κ1) is 17.6. The molecule has 0 amide bonds. The quantitative estimate of drug-likeness (QED) is 0.679. The van der Waals surface area contributed by atoms with Crippen molar-refractivity contribution in [3.8, 4) is 11.5 Å². The highest BCUT2D eigenvalue weighted by Gasteiger charge is 2.24. The van der Waals surface area contributed by atoms with Crippen molar-refractivity contribution in [2.75, 3.05) is 13.2 Å². The number of hydrogen-bond donors (Lipinski definition) is 1. The van der Waals surface area contributed by atoms with Gasteiger partial charge in [-0.3, -0.25) is 0 Å². The first-order valence-corrected chi connectivity index (χ1v) is 9.60. The fraction of sp³-hybridized carbons (Fsp3) is 0.250. The van der Waals surface area contributed by atoms with E-state index in [4.69, 9.17) is 9.47 Å². The van der Waals surface area contributed by atoms with Crippen molar-refractivity contribution < 1.29 is 9.47 Å². The lowest BCUT2D eigenvalue weighted by Crippen LogP contribution is -2.30. The maximum atomic E-state index is 6.02. The molecule has 0 saturated heterocycles. The second-order valence-electron chi connectivity index (χ2n) is 6.74. The van der Waals surface area contributed by atoms with Crippen molar-refractivity contribution in [1.82, 2.24) is 5.32 Å².